The molecular formula is C15H22O3. The first-order chi connectivity index (χ1) is 8.59. The lowest BCUT2D eigenvalue weighted by molar-refractivity contribution is -0.144. The molecule has 18 heavy (non-hydrogen) atoms. The minimum absolute atomic E-state index is 0.238. The van der Waals surface area contributed by atoms with Crippen molar-refractivity contribution in [2.45, 2.75) is 45.1 Å². The van der Waals surface area contributed by atoms with Gasteiger partial charge in [-0.05, 0) is 25.3 Å². The summed E-state index contributed by atoms with van der Waals surface area (Å²) < 4.78 is 4.88. The average Bonchev–Trinajstić information content (AvgIpc) is 2.38. The molecule has 0 aliphatic heterocycles. The van der Waals surface area contributed by atoms with E-state index < -0.39 is 5.60 Å². The Morgan fingerprint density at radius 1 is 1.28 bits per heavy atom. The van der Waals surface area contributed by atoms with Gasteiger partial charge in [0.05, 0.1) is 12.2 Å². The zero-order chi connectivity index (χ0) is 13.4. The molecule has 0 fully saturated rings. The average molecular weight is 250 g/mol. The first-order valence-corrected chi connectivity index (χ1v) is 6.51. The molecule has 0 amide bonds. The first-order valence-electron chi connectivity index (χ1n) is 6.51. The molecule has 3 nitrogen and oxygen atoms in total. The molecule has 1 aromatic rings. The van der Waals surface area contributed by atoms with Crippen molar-refractivity contribution in [1.29, 1.82) is 0 Å². The molecule has 0 saturated heterocycles. The topological polar surface area (TPSA) is 46.5 Å². The van der Waals surface area contributed by atoms with Crippen LogP contribution in [0.25, 0.3) is 0 Å². The maximum atomic E-state index is 11.3. The molecule has 100 valence electrons. The van der Waals surface area contributed by atoms with E-state index in [-0.39, 0.29) is 12.4 Å². The highest BCUT2D eigenvalue weighted by atomic mass is 16.5. The van der Waals surface area contributed by atoms with Crippen LogP contribution in [-0.4, -0.2) is 23.3 Å². The summed E-state index contributed by atoms with van der Waals surface area (Å²) in [5.41, 5.74) is 0.263. The Hall–Kier alpha value is -1.35. The lowest BCUT2D eigenvalue weighted by atomic mass is 9.87. The van der Waals surface area contributed by atoms with Crippen LogP contribution in [0.5, 0.6) is 0 Å². The highest BCUT2D eigenvalue weighted by molar-refractivity contribution is 5.69. The normalized spacial score (nSPS) is 13.9. The smallest absolute Gasteiger partial charge is 0.305 e. The molecule has 0 aliphatic carbocycles. The lowest BCUT2D eigenvalue weighted by Gasteiger charge is -2.26. The van der Waals surface area contributed by atoms with Crippen molar-refractivity contribution < 1.29 is 14.6 Å². The predicted molar refractivity (Wildman–Crippen MR) is 71.3 cm³/mol. The van der Waals surface area contributed by atoms with Gasteiger partial charge in [-0.15, -0.1) is 0 Å². The highest BCUT2D eigenvalue weighted by Gasteiger charge is 2.26. The van der Waals surface area contributed by atoms with Gasteiger partial charge < -0.3 is 9.84 Å². The van der Waals surface area contributed by atoms with E-state index in [9.17, 15) is 9.90 Å². The third kappa shape index (κ3) is 4.88. The SMILES string of the molecule is CCOC(=O)CCC(O)(CC)Cc1ccccc1. The summed E-state index contributed by atoms with van der Waals surface area (Å²) in [6.45, 7) is 4.12. The summed E-state index contributed by atoms with van der Waals surface area (Å²) in [4.78, 5) is 11.3. The number of aliphatic hydroxyl groups is 1. The molecule has 3 heteroatoms. The minimum atomic E-state index is -0.825. The van der Waals surface area contributed by atoms with Gasteiger partial charge in [0, 0.05) is 12.8 Å². The van der Waals surface area contributed by atoms with Crippen molar-refractivity contribution in [2.24, 2.45) is 0 Å². The second kappa shape index (κ2) is 7.17. The molecule has 0 saturated carbocycles. The van der Waals surface area contributed by atoms with Crippen molar-refractivity contribution in [3.8, 4) is 0 Å². The van der Waals surface area contributed by atoms with Crippen molar-refractivity contribution in [2.75, 3.05) is 6.61 Å². The fraction of sp³-hybridized carbons (Fsp3) is 0.533. The molecule has 0 spiro atoms. The number of esters is 1. The third-order valence-electron chi connectivity index (χ3n) is 3.13. The summed E-state index contributed by atoms with van der Waals surface area (Å²) in [5, 5.41) is 10.5. The van der Waals surface area contributed by atoms with Crippen molar-refractivity contribution in [3.05, 3.63) is 35.9 Å². The van der Waals surface area contributed by atoms with Gasteiger partial charge in [-0.2, -0.15) is 0 Å². The maximum Gasteiger partial charge on any atom is 0.305 e. The minimum Gasteiger partial charge on any atom is -0.466 e. The molecule has 0 radical (unpaired) electrons. The molecule has 0 heterocycles. The summed E-state index contributed by atoms with van der Waals surface area (Å²) in [6.07, 6.45) is 1.91. The van der Waals surface area contributed by atoms with E-state index in [1.165, 1.54) is 0 Å². The Morgan fingerprint density at radius 2 is 1.94 bits per heavy atom. The van der Waals surface area contributed by atoms with Gasteiger partial charge in [-0.1, -0.05) is 37.3 Å². The van der Waals surface area contributed by atoms with Crippen LogP contribution >= 0.6 is 0 Å². The standard InChI is InChI=1S/C15H22O3/c1-3-15(17,11-10-14(16)18-4-2)12-13-8-6-5-7-9-13/h5-9,17H,3-4,10-12H2,1-2H3. The van der Waals surface area contributed by atoms with Crippen LogP contribution in [0.4, 0.5) is 0 Å². The fourth-order valence-corrected chi connectivity index (χ4v) is 1.93. The number of carbonyl (C=O) groups excluding carboxylic acids is 1. The Morgan fingerprint density at radius 3 is 2.50 bits per heavy atom. The van der Waals surface area contributed by atoms with E-state index in [1.54, 1.807) is 6.92 Å². The zero-order valence-corrected chi connectivity index (χ0v) is 11.2. The van der Waals surface area contributed by atoms with Crippen LogP contribution in [0.1, 0.15) is 38.7 Å². The van der Waals surface area contributed by atoms with Crippen LogP contribution < -0.4 is 0 Å². The number of ether oxygens (including phenoxy) is 1. The summed E-state index contributed by atoms with van der Waals surface area (Å²) in [7, 11) is 0. The molecule has 1 rings (SSSR count). The lowest BCUT2D eigenvalue weighted by Crippen LogP contribution is -2.31. The van der Waals surface area contributed by atoms with Crippen LogP contribution in [-0.2, 0) is 16.0 Å². The van der Waals surface area contributed by atoms with Gasteiger partial charge in [0.15, 0.2) is 0 Å². The van der Waals surface area contributed by atoms with E-state index in [2.05, 4.69) is 0 Å². The Labute approximate surface area is 109 Å². The predicted octanol–water partition coefficient (Wildman–Crippen LogP) is 2.71. The molecule has 1 atom stereocenters. The van der Waals surface area contributed by atoms with Crippen LogP contribution in [0.15, 0.2) is 30.3 Å². The van der Waals surface area contributed by atoms with E-state index in [0.29, 0.717) is 25.9 Å². The highest BCUT2D eigenvalue weighted by Crippen LogP contribution is 2.23. The molecule has 0 aliphatic rings. The Kier molecular flexibility index (Phi) is 5.86. The number of rotatable bonds is 7. The van der Waals surface area contributed by atoms with Crippen LogP contribution in [0.3, 0.4) is 0 Å². The largest absolute Gasteiger partial charge is 0.466 e. The Bertz CT molecular complexity index is 361. The molecular weight excluding hydrogens is 228 g/mol. The van der Waals surface area contributed by atoms with Gasteiger partial charge in [-0.3, -0.25) is 4.79 Å². The van der Waals surface area contributed by atoms with Gasteiger partial charge in [-0.25, -0.2) is 0 Å². The molecule has 1 aromatic carbocycles. The van der Waals surface area contributed by atoms with Crippen LogP contribution in [0, 0.1) is 0 Å². The van der Waals surface area contributed by atoms with Crippen molar-refractivity contribution >= 4 is 5.97 Å². The van der Waals surface area contributed by atoms with E-state index in [0.717, 1.165) is 5.56 Å². The Balaban J connectivity index is 2.54. The number of hydrogen-bond acceptors (Lipinski definition) is 3. The van der Waals surface area contributed by atoms with Gasteiger partial charge in [0.2, 0.25) is 0 Å². The molecule has 0 bridgehead atoms. The zero-order valence-electron chi connectivity index (χ0n) is 11.2. The monoisotopic (exact) mass is 250 g/mol. The number of carbonyl (C=O) groups is 1. The van der Waals surface area contributed by atoms with Gasteiger partial charge in [0.1, 0.15) is 0 Å². The van der Waals surface area contributed by atoms with Gasteiger partial charge >= 0.3 is 5.97 Å². The molecule has 0 aromatic heterocycles. The summed E-state index contributed by atoms with van der Waals surface area (Å²) in [6, 6.07) is 9.84. The second-order valence-corrected chi connectivity index (χ2v) is 4.55. The third-order valence-corrected chi connectivity index (χ3v) is 3.13. The van der Waals surface area contributed by atoms with Crippen molar-refractivity contribution in [3.63, 3.8) is 0 Å². The van der Waals surface area contributed by atoms with E-state index in [1.807, 2.05) is 37.3 Å². The number of benzene rings is 1. The second-order valence-electron chi connectivity index (χ2n) is 4.55. The fourth-order valence-electron chi connectivity index (χ4n) is 1.93. The van der Waals surface area contributed by atoms with E-state index >= 15 is 0 Å². The molecule has 1 N–H and O–H groups in total. The summed E-state index contributed by atoms with van der Waals surface area (Å²) >= 11 is 0. The van der Waals surface area contributed by atoms with Crippen molar-refractivity contribution in [1.82, 2.24) is 0 Å². The van der Waals surface area contributed by atoms with E-state index in [4.69, 9.17) is 4.74 Å². The van der Waals surface area contributed by atoms with Gasteiger partial charge in [0.25, 0.3) is 0 Å². The van der Waals surface area contributed by atoms with Crippen LogP contribution in [0.2, 0.25) is 0 Å². The first kappa shape index (κ1) is 14.7. The maximum absolute atomic E-state index is 11.3. The quantitative estimate of drug-likeness (QED) is 0.757. The summed E-state index contributed by atoms with van der Waals surface area (Å²) in [5.74, 6) is -0.238. The molecule has 1 unspecified atom stereocenters. The number of hydrogen-bond donors (Lipinski definition) is 1.